The van der Waals surface area contributed by atoms with E-state index in [1.54, 1.807) is 6.08 Å². The van der Waals surface area contributed by atoms with Crippen LogP contribution >= 0.6 is 11.3 Å². The van der Waals surface area contributed by atoms with E-state index in [2.05, 4.69) is 12.2 Å². The van der Waals surface area contributed by atoms with Gasteiger partial charge in [-0.3, -0.25) is 9.59 Å². The Kier molecular flexibility index (Phi) is 8.05. The fraction of sp³-hybridized carbons (Fsp3) is 0.375. The van der Waals surface area contributed by atoms with Crippen LogP contribution in [-0.2, 0) is 25.5 Å². The molecule has 0 radical (unpaired) electrons. The average molecular weight is 458 g/mol. The summed E-state index contributed by atoms with van der Waals surface area (Å²) in [5.41, 5.74) is 1.68. The van der Waals surface area contributed by atoms with Gasteiger partial charge in [0.05, 0.1) is 32.3 Å². The molecule has 1 heterocycles. The Morgan fingerprint density at radius 1 is 1.16 bits per heavy atom. The molecular weight excluding hydrogens is 430 g/mol. The predicted octanol–water partition coefficient (Wildman–Crippen LogP) is 4.57. The van der Waals surface area contributed by atoms with Crippen LogP contribution in [0.25, 0.3) is 6.08 Å². The van der Waals surface area contributed by atoms with Gasteiger partial charge in [0.2, 0.25) is 5.91 Å². The quantitative estimate of drug-likeness (QED) is 0.337. The molecule has 170 valence electrons. The summed E-state index contributed by atoms with van der Waals surface area (Å²) in [6.07, 6.45) is 6.37. The summed E-state index contributed by atoms with van der Waals surface area (Å²) >= 11 is 1.29. The van der Waals surface area contributed by atoms with Gasteiger partial charge in [0.25, 0.3) is 0 Å². The number of hydrogen-bond acceptors (Lipinski definition) is 7. The number of ether oxygens (including phenoxy) is 3. The number of amides is 1. The number of unbranched alkanes of at least 4 members (excludes halogenated alkanes) is 1. The monoisotopic (exact) mass is 457 g/mol. The smallest absolute Gasteiger partial charge is 0.341 e. The van der Waals surface area contributed by atoms with Crippen molar-refractivity contribution in [3.63, 3.8) is 0 Å². The van der Waals surface area contributed by atoms with Crippen LogP contribution in [0.4, 0.5) is 5.00 Å². The minimum absolute atomic E-state index is 0.232. The molecule has 1 aromatic heterocycles. The number of carbonyl (C=O) groups is 3. The Hall–Kier alpha value is -3.13. The number of rotatable bonds is 9. The van der Waals surface area contributed by atoms with E-state index in [0.29, 0.717) is 30.0 Å². The number of methoxy groups -OCH3 is 2. The van der Waals surface area contributed by atoms with E-state index >= 15 is 0 Å². The highest BCUT2D eigenvalue weighted by molar-refractivity contribution is 7.17. The van der Waals surface area contributed by atoms with Gasteiger partial charge in [-0.2, -0.15) is 0 Å². The number of carbonyl (C=O) groups excluding carboxylic acids is 3. The first-order valence-electron chi connectivity index (χ1n) is 10.5. The van der Waals surface area contributed by atoms with Crippen molar-refractivity contribution in [1.29, 1.82) is 0 Å². The lowest BCUT2D eigenvalue weighted by molar-refractivity contribution is -0.142. The van der Waals surface area contributed by atoms with Crippen LogP contribution < -0.4 is 10.1 Å². The number of hydrogen-bond donors (Lipinski definition) is 1. The largest absolute Gasteiger partial charge is 0.494 e. The zero-order chi connectivity index (χ0) is 23.1. The van der Waals surface area contributed by atoms with Gasteiger partial charge in [0.15, 0.2) is 0 Å². The maximum Gasteiger partial charge on any atom is 0.341 e. The molecule has 32 heavy (non-hydrogen) atoms. The lowest BCUT2D eigenvalue weighted by Gasteiger charge is -2.11. The lowest BCUT2D eigenvalue weighted by Crippen LogP contribution is -2.16. The van der Waals surface area contributed by atoms with Crippen LogP contribution in [0.1, 0.15) is 58.5 Å². The topological polar surface area (TPSA) is 90.9 Å². The summed E-state index contributed by atoms with van der Waals surface area (Å²) in [7, 11) is 2.59. The molecule has 8 heteroatoms. The molecule has 2 aromatic rings. The highest BCUT2D eigenvalue weighted by Crippen LogP contribution is 2.45. The summed E-state index contributed by atoms with van der Waals surface area (Å²) in [6, 6.07) is 7.45. The highest BCUT2D eigenvalue weighted by atomic mass is 32.1. The van der Waals surface area contributed by atoms with E-state index in [0.717, 1.165) is 29.0 Å². The van der Waals surface area contributed by atoms with Crippen LogP contribution in [-0.4, -0.2) is 38.7 Å². The molecule has 1 N–H and O–H groups in total. The first kappa shape index (κ1) is 23.5. The Labute approximate surface area is 191 Å². The van der Waals surface area contributed by atoms with Crippen LogP contribution in [0, 0.1) is 0 Å². The minimum atomic E-state index is -0.587. The van der Waals surface area contributed by atoms with E-state index in [4.69, 9.17) is 14.2 Å². The number of esters is 2. The molecule has 1 unspecified atom stereocenters. The first-order chi connectivity index (χ1) is 15.5. The third-order valence-electron chi connectivity index (χ3n) is 5.22. The fourth-order valence-electron chi connectivity index (χ4n) is 3.57. The molecule has 0 saturated heterocycles. The van der Waals surface area contributed by atoms with E-state index in [1.165, 1.54) is 31.6 Å². The first-order valence-corrected chi connectivity index (χ1v) is 11.3. The van der Waals surface area contributed by atoms with Crippen molar-refractivity contribution in [2.24, 2.45) is 0 Å². The number of anilines is 1. The average Bonchev–Trinajstić information content (AvgIpc) is 3.36. The van der Waals surface area contributed by atoms with Crippen molar-refractivity contribution in [2.75, 3.05) is 26.1 Å². The van der Waals surface area contributed by atoms with Gasteiger partial charge in [-0.25, -0.2) is 4.79 Å². The summed E-state index contributed by atoms with van der Waals surface area (Å²) in [5.74, 6) is -1.11. The molecule has 1 aliphatic rings. The van der Waals surface area contributed by atoms with E-state index < -0.39 is 17.9 Å². The Balaban J connectivity index is 1.72. The normalized spacial score (nSPS) is 14.8. The van der Waals surface area contributed by atoms with E-state index in [-0.39, 0.29) is 11.5 Å². The third kappa shape index (κ3) is 5.37. The molecule has 0 aliphatic heterocycles. The molecular formula is C24H27NO6S. The molecule has 0 fully saturated rings. The molecule has 7 nitrogen and oxygen atoms in total. The Morgan fingerprint density at radius 2 is 1.91 bits per heavy atom. The molecule has 3 rings (SSSR count). The Morgan fingerprint density at radius 3 is 2.56 bits per heavy atom. The van der Waals surface area contributed by atoms with Gasteiger partial charge in [0, 0.05) is 11.0 Å². The maximum atomic E-state index is 12.5. The van der Waals surface area contributed by atoms with Crippen LogP contribution in [0.3, 0.4) is 0 Å². The van der Waals surface area contributed by atoms with Gasteiger partial charge in [-0.05, 0) is 48.6 Å². The van der Waals surface area contributed by atoms with Crippen molar-refractivity contribution in [1.82, 2.24) is 0 Å². The van der Waals surface area contributed by atoms with Gasteiger partial charge in [0.1, 0.15) is 10.8 Å². The predicted molar refractivity (Wildman–Crippen MR) is 123 cm³/mol. The lowest BCUT2D eigenvalue weighted by atomic mass is 9.99. The molecule has 1 atom stereocenters. The van der Waals surface area contributed by atoms with Crippen molar-refractivity contribution in [2.45, 2.75) is 38.5 Å². The van der Waals surface area contributed by atoms with Crippen molar-refractivity contribution in [3.05, 3.63) is 51.9 Å². The van der Waals surface area contributed by atoms with E-state index in [9.17, 15) is 14.4 Å². The fourth-order valence-corrected chi connectivity index (χ4v) is 4.84. The second-order valence-corrected chi connectivity index (χ2v) is 8.45. The summed E-state index contributed by atoms with van der Waals surface area (Å²) in [5, 5.41) is 3.14. The van der Waals surface area contributed by atoms with Gasteiger partial charge in [-0.1, -0.05) is 25.5 Å². The second kappa shape index (κ2) is 10.9. The van der Waals surface area contributed by atoms with Gasteiger partial charge in [-0.15, -0.1) is 11.3 Å². The highest BCUT2D eigenvalue weighted by Gasteiger charge is 2.38. The molecule has 0 saturated carbocycles. The zero-order valence-electron chi connectivity index (χ0n) is 18.4. The van der Waals surface area contributed by atoms with Gasteiger partial charge < -0.3 is 19.5 Å². The van der Waals surface area contributed by atoms with Crippen LogP contribution in [0.15, 0.2) is 30.3 Å². The van der Waals surface area contributed by atoms with Crippen LogP contribution in [0.2, 0.25) is 0 Å². The zero-order valence-corrected chi connectivity index (χ0v) is 19.3. The van der Waals surface area contributed by atoms with Crippen molar-refractivity contribution < 1.29 is 28.6 Å². The maximum absolute atomic E-state index is 12.5. The Bertz CT molecular complexity index is 1010. The summed E-state index contributed by atoms with van der Waals surface area (Å²) in [6.45, 7) is 2.79. The number of thiophene rings is 1. The molecule has 0 bridgehead atoms. The van der Waals surface area contributed by atoms with E-state index in [1.807, 2.05) is 24.3 Å². The molecule has 1 aliphatic carbocycles. The number of benzene rings is 1. The third-order valence-corrected chi connectivity index (χ3v) is 6.40. The number of aryl methyl sites for hydroxylation is 1. The molecule has 0 spiro atoms. The SMILES string of the molecule is CCCCOc1ccc(/C=C/C(=O)Nc2sc3c(c2C(=O)OC)C(C(=O)OC)CC3)cc1. The molecule has 1 aromatic carbocycles. The minimum Gasteiger partial charge on any atom is -0.494 e. The number of fused-ring (bicyclic) bond motifs is 1. The van der Waals surface area contributed by atoms with Gasteiger partial charge >= 0.3 is 11.9 Å². The van der Waals surface area contributed by atoms with Crippen molar-refractivity contribution >= 4 is 40.3 Å². The second-order valence-electron chi connectivity index (χ2n) is 7.34. The number of nitrogens with one attached hydrogen (secondary N) is 1. The summed E-state index contributed by atoms with van der Waals surface area (Å²) < 4.78 is 15.4. The standard InChI is InChI=1S/C24H27NO6S/c1-4-5-14-31-16-9-6-15(7-10-16)8-13-19(26)25-22-21(24(28)30-3)20-17(23(27)29-2)11-12-18(20)32-22/h6-10,13,17H,4-5,11-12,14H2,1-3H3,(H,25,26)/b13-8+. The van der Waals surface area contributed by atoms with Crippen LogP contribution in [0.5, 0.6) is 5.75 Å². The molecule has 1 amide bonds. The van der Waals surface area contributed by atoms with Crippen molar-refractivity contribution in [3.8, 4) is 5.75 Å². The summed E-state index contributed by atoms with van der Waals surface area (Å²) in [4.78, 5) is 38.0.